The number of nitrogen functional groups attached to an aromatic ring is 1. The standard InChI is InChI=1S/C14H25N5O2/c1-10(2)11-12(18-15)16-9-17-13(11)19(3)8-14(20)4-6-21-7-5-14/h9-10,20H,4-8,15H2,1-3H3,(H,16,17,18). The van der Waals surface area contributed by atoms with Crippen LogP contribution in [-0.2, 0) is 4.74 Å². The van der Waals surface area contributed by atoms with E-state index in [-0.39, 0.29) is 5.92 Å². The van der Waals surface area contributed by atoms with Crippen LogP contribution in [0.15, 0.2) is 6.33 Å². The van der Waals surface area contributed by atoms with Crippen LogP contribution < -0.4 is 16.2 Å². The molecule has 0 aliphatic carbocycles. The largest absolute Gasteiger partial charge is 0.388 e. The van der Waals surface area contributed by atoms with E-state index in [4.69, 9.17) is 10.6 Å². The van der Waals surface area contributed by atoms with Crippen LogP contribution in [0.2, 0.25) is 0 Å². The van der Waals surface area contributed by atoms with Gasteiger partial charge in [-0.25, -0.2) is 15.8 Å². The zero-order valence-corrected chi connectivity index (χ0v) is 13.0. The van der Waals surface area contributed by atoms with Crippen molar-refractivity contribution in [3.05, 3.63) is 11.9 Å². The Labute approximate surface area is 125 Å². The van der Waals surface area contributed by atoms with Crippen LogP contribution in [0.25, 0.3) is 0 Å². The normalized spacial score (nSPS) is 17.8. The first kappa shape index (κ1) is 15.9. The zero-order valence-electron chi connectivity index (χ0n) is 13.0. The highest BCUT2D eigenvalue weighted by atomic mass is 16.5. The molecule has 0 radical (unpaired) electrons. The summed E-state index contributed by atoms with van der Waals surface area (Å²) in [5.41, 5.74) is 2.85. The Morgan fingerprint density at radius 2 is 2.10 bits per heavy atom. The van der Waals surface area contributed by atoms with Crippen molar-refractivity contribution >= 4 is 11.6 Å². The third kappa shape index (κ3) is 3.61. The third-order valence-corrected chi connectivity index (χ3v) is 3.89. The number of nitrogens with zero attached hydrogens (tertiary/aromatic N) is 3. The van der Waals surface area contributed by atoms with Crippen LogP contribution in [0.1, 0.15) is 38.2 Å². The molecule has 0 unspecified atom stereocenters. The lowest BCUT2D eigenvalue weighted by molar-refractivity contribution is -0.0573. The van der Waals surface area contributed by atoms with E-state index in [1.807, 2.05) is 11.9 Å². The summed E-state index contributed by atoms with van der Waals surface area (Å²) in [6, 6.07) is 0. The van der Waals surface area contributed by atoms with Crippen molar-refractivity contribution in [2.45, 2.75) is 38.2 Å². The number of rotatable bonds is 5. The highest BCUT2D eigenvalue weighted by Crippen LogP contribution is 2.31. The average Bonchev–Trinajstić information content (AvgIpc) is 2.46. The molecule has 1 aromatic heterocycles. The van der Waals surface area contributed by atoms with Gasteiger partial charge in [-0.05, 0) is 5.92 Å². The molecule has 2 rings (SSSR count). The van der Waals surface area contributed by atoms with Gasteiger partial charge in [0.05, 0.1) is 5.60 Å². The molecule has 0 saturated carbocycles. The molecule has 0 bridgehead atoms. The Morgan fingerprint density at radius 3 is 2.67 bits per heavy atom. The highest BCUT2D eigenvalue weighted by molar-refractivity contribution is 5.59. The van der Waals surface area contributed by atoms with Gasteiger partial charge >= 0.3 is 0 Å². The molecule has 1 aromatic rings. The van der Waals surface area contributed by atoms with Gasteiger partial charge in [0.15, 0.2) is 0 Å². The van der Waals surface area contributed by atoms with Crippen molar-refractivity contribution in [3.63, 3.8) is 0 Å². The zero-order chi connectivity index (χ0) is 15.5. The maximum absolute atomic E-state index is 10.7. The van der Waals surface area contributed by atoms with Gasteiger partial charge in [-0.2, -0.15) is 0 Å². The van der Waals surface area contributed by atoms with Crippen molar-refractivity contribution in [3.8, 4) is 0 Å². The molecule has 0 spiro atoms. The lowest BCUT2D eigenvalue weighted by atomic mass is 9.93. The molecule has 1 fully saturated rings. The second-order valence-corrected chi connectivity index (χ2v) is 5.95. The second kappa shape index (κ2) is 6.55. The molecule has 0 amide bonds. The summed E-state index contributed by atoms with van der Waals surface area (Å²) in [4.78, 5) is 10.5. The molecule has 4 N–H and O–H groups in total. The van der Waals surface area contributed by atoms with E-state index in [0.29, 0.717) is 38.4 Å². The van der Waals surface area contributed by atoms with E-state index in [2.05, 4.69) is 29.2 Å². The number of nitrogens with one attached hydrogen (secondary N) is 1. The molecule has 1 aliphatic heterocycles. The minimum atomic E-state index is -0.734. The Hall–Kier alpha value is -1.44. The Morgan fingerprint density at radius 1 is 1.43 bits per heavy atom. The SMILES string of the molecule is CC(C)c1c(NN)ncnc1N(C)CC1(O)CCOCC1. The molecule has 1 saturated heterocycles. The molecule has 7 nitrogen and oxygen atoms in total. The van der Waals surface area contributed by atoms with Gasteiger partial charge < -0.3 is 20.2 Å². The third-order valence-electron chi connectivity index (χ3n) is 3.89. The van der Waals surface area contributed by atoms with Crippen LogP contribution >= 0.6 is 0 Å². The quantitative estimate of drug-likeness (QED) is 0.547. The fourth-order valence-corrected chi connectivity index (χ4v) is 2.76. The van der Waals surface area contributed by atoms with E-state index in [9.17, 15) is 5.11 Å². The van der Waals surface area contributed by atoms with Gasteiger partial charge in [0.2, 0.25) is 0 Å². The number of hydrazine groups is 1. The Bertz CT molecular complexity index is 474. The smallest absolute Gasteiger partial charge is 0.148 e. The monoisotopic (exact) mass is 295 g/mol. The van der Waals surface area contributed by atoms with E-state index >= 15 is 0 Å². The molecule has 0 atom stereocenters. The van der Waals surface area contributed by atoms with Gasteiger partial charge in [0.25, 0.3) is 0 Å². The number of hydrogen-bond donors (Lipinski definition) is 3. The molecule has 1 aliphatic rings. The minimum absolute atomic E-state index is 0.221. The summed E-state index contributed by atoms with van der Waals surface area (Å²) in [5, 5.41) is 10.7. The molecular formula is C14H25N5O2. The van der Waals surface area contributed by atoms with Crippen LogP contribution in [0.3, 0.4) is 0 Å². The summed E-state index contributed by atoms with van der Waals surface area (Å²) in [5.74, 6) is 7.19. The highest BCUT2D eigenvalue weighted by Gasteiger charge is 2.32. The van der Waals surface area contributed by atoms with Crippen molar-refractivity contribution in [2.24, 2.45) is 5.84 Å². The fraction of sp³-hybridized carbons (Fsp3) is 0.714. The van der Waals surface area contributed by atoms with Gasteiger partial charge in [-0.1, -0.05) is 13.8 Å². The minimum Gasteiger partial charge on any atom is -0.388 e. The molecular weight excluding hydrogens is 270 g/mol. The van der Waals surface area contributed by atoms with Crippen LogP contribution in [0, 0.1) is 0 Å². The first-order valence-electron chi connectivity index (χ1n) is 7.29. The first-order valence-corrected chi connectivity index (χ1v) is 7.29. The van der Waals surface area contributed by atoms with Crippen LogP contribution in [-0.4, -0.2) is 47.5 Å². The summed E-state index contributed by atoms with van der Waals surface area (Å²) < 4.78 is 5.32. The van der Waals surface area contributed by atoms with Gasteiger partial charge in [-0.15, -0.1) is 0 Å². The van der Waals surface area contributed by atoms with E-state index in [1.165, 1.54) is 6.33 Å². The van der Waals surface area contributed by atoms with Gasteiger partial charge in [0, 0.05) is 45.2 Å². The maximum Gasteiger partial charge on any atom is 0.148 e. The summed E-state index contributed by atoms with van der Waals surface area (Å²) in [6.07, 6.45) is 2.77. The summed E-state index contributed by atoms with van der Waals surface area (Å²) in [6.45, 7) is 5.85. The van der Waals surface area contributed by atoms with Crippen molar-refractivity contribution in [1.82, 2.24) is 9.97 Å². The lowest BCUT2D eigenvalue weighted by Crippen LogP contribution is -2.46. The number of nitrogens with two attached hydrogens (primary N) is 1. The number of hydrogen-bond acceptors (Lipinski definition) is 7. The van der Waals surface area contributed by atoms with E-state index in [1.54, 1.807) is 0 Å². The number of aromatic nitrogens is 2. The second-order valence-electron chi connectivity index (χ2n) is 5.95. The lowest BCUT2D eigenvalue weighted by Gasteiger charge is -2.36. The van der Waals surface area contributed by atoms with Crippen LogP contribution in [0.4, 0.5) is 11.6 Å². The fourth-order valence-electron chi connectivity index (χ4n) is 2.76. The number of likely N-dealkylation sites (N-methyl/N-ethyl adjacent to an activating group) is 1. The topological polar surface area (TPSA) is 96.5 Å². The van der Waals surface area contributed by atoms with E-state index < -0.39 is 5.60 Å². The number of aliphatic hydroxyl groups is 1. The first-order chi connectivity index (χ1) is 9.97. The molecule has 21 heavy (non-hydrogen) atoms. The van der Waals surface area contributed by atoms with Gasteiger partial charge in [0.1, 0.15) is 18.0 Å². The summed E-state index contributed by atoms with van der Waals surface area (Å²) in [7, 11) is 1.93. The number of anilines is 2. The predicted octanol–water partition coefficient (Wildman–Crippen LogP) is 0.863. The molecule has 0 aromatic carbocycles. The van der Waals surface area contributed by atoms with E-state index in [0.717, 1.165) is 11.4 Å². The molecule has 2 heterocycles. The van der Waals surface area contributed by atoms with Crippen molar-refractivity contribution < 1.29 is 9.84 Å². The summed E-state index contributed by atoms with van der Waals surface area (Å²) >= 11 is 0. The van der Waals surface area contributed by atoms with Crippen molar-refractivity contribution in [2.75, 3.05) is 37.1 Å². The van der Waals surface area contributed by atoms with Crippen LogP contribution in [0.5, 0.6) is 0 Å². The number of ether oxygens (including phenoxy) is 1. The average molecular weight is 295 g/mol. The molecule has 118 valence electrons. The van der Waals surface area contributed by atoms with Gasteiger partial charge in [-0.3, -0.25) is 0 Å². The Kier molecular flexibility index (Phi) is 4.97. The maximum atomic E-state index is 10.7. The Balaban J connectivity index is 2.24. The van der Waals surface area contributed by atoms with Crippen molar-refractivity contribution in [1.29, 1.82) is 0 Å². The predicted molar refractivity (Wildman–Crippen MR) is 82.2 cm³/mol. The molecule has 7 heteroatoms.